The number of anilines is 1. The fourth-order valence-corrected chi connectivity index (χ4v) is 2.86. The lowest BCUT2D eigenvalue weighted by Gasteiger charge is -2.26. The quantitative estimate of drug-likeness (QED) is 0.296. The summed E-state index contributed by atoms with van der Waals surface area (Å²) in [6, 6.07) is 8.20. The van der Waals surface area contributed by atoms with Gasteiger partial charge in [-0.1, -0.05) is 12.1 Å². The molecule has 1 aromatic rings. The number of thioether (sulfide) groups is 1. The molecule has 0 aliphatic carbocycles. The minimum absolute atomic E-state index is 0. The molecule has 1 aliphatic heterocycles. The molecule has 134 valence electrons. The van der Waals surface area contributed by atoms with E-state index in [9.17, 15) is 4.79 Å². The molecule has 0 spiro atoms. The van der Waals surface area contributed by atoms with Crippen molar-refractivity contribution in [2.24, 2.45) is 4.99 Å². The maximum Gasteiger partial charge on any atom is 0.226 e. The summed E-state index contributed by atoms with van der Waals surface area (Å²) in [4.78, 5) is 18.0. The van der Waals surface area contributed by atoms with Gasteiger partial charge in [0.25, 0.3) is 0 Å². The second-order valence-corrected chi connectivity index (χ2v) is 6.50. The molecule has 7 heteroatoms. The highest BCUT2D eigenvalue weighted by molar-refractivity contribution is 14.0. The van der Waals surface area contributed by atoms with Crippen molar-refractivity contribution in [2.75, 3.05) is 37.0 Å². The summed E-state index contributed by atoms with van der Waals surface area (Å²) in [7, 11) is 1.78. The fraction of sp³-hybridized carbons (Fsp3) is 0.529. The Bertz CT molecular complexity index is 536. The molecule has 0 radical (unpaired) electrons. The minimum Gasteiger partial charge on any atom is -0.356 e. The number of nitrogens with zero attached hydrogens (tertiary/aromatic N) is 2. The van der Waals surface area contributed by atoms with Crippen molar-refractivity contribution >= 4 is 53.3 Å². The molecule has 0 saturated carbocycles. The Morgan fingerprint density at radius 1 is 1.25 bits per heavy atom. The Balaban J connectivity index is 0.00000288. The van der Waals surface area contributed by atoms with Crippen LogP contribution in [0.3, 0.4) is 0 Å². The summed E-state index contributed by atoms with van der Waals surface area (Å²) >= 11 is 1.81. The van der Waals surface area contributed by atoms with Crippen LogP contribution in [0, 0.1) is 0 Å². The number of hydrogen-bond donors (Lipinski definition) is 2. The molecular weight excluding hydrogens is 435 g/mol. The second kappa shape index (κ2) is 11.6. The van der Waals surface area contributed by atoms with E-state index in [2.05, 4.69) is 34.0 Å². The van der Waals surface area contributed by atoms with Gasteiger partial charge in [0, 0.05) is 44.5 Å². The molecule has 5 nitrogen and oxygen atoms in total. The van der Waals surface area contributed by atoms with Gasteiger partial charge in [0.15, 0.2) is 5.96 Å². The van der Waals surface area contributed by atoms with Gasteiger partial charge in [0.2, 0.25) is 5.91 Å². The molecule has 24 heavy (non-hydrogen) atoms. The maximum absolute atomic E-state index is 11.9. The Hall–Kier alpha value is -0.960. The number of amides is 1. The summed E-state index contributed by atoms with van der Waals surface area (Å²) in [6.45, 7) is 2.45. The maximum atomic E-state index is 11.9. The van der Waals surface area contributed by atoms with E-state index in [4.69, 9.17) is 0 Å². The second-order valence-electron chi connectivity index (χ2n) is 5.51. The first-order chi connectivity index (χ1) is 11.2. The lowest BCUT2D eigenvalue weighted by atomic mass is 10.1. The third-order valence-corrected chi connectivity index (χ3v) is 4.47. The largest absolute Gasteiger partial charge is 0.356 e. The average molecular weight is 462 g/mol. The monoisotopic (exact) mass is 462 g/mol. The number of benzene rings is 1. The third-order valence-electron chi connectivity index (χ3n) is 3.85. The van der Waals surface area contributed by atoms with E-state index in [1.807, 2.05) is 17.0 Å². The molecule has 1 saturated heterocycles. The fourth-order valence-electron chi connectivity index (χ4n) is 2.55. The number of guanidine groups is 1. The normalized spacial score (nSPS) is 15.0. The third kappa shape index (κ3) is 6.51. The molecule has 1 fully saturated rings. The predicted molar refractivity (Wildman–Crippen MR) is 115 cm³/mol. The van der Waals surface area contributed by atoms with Gasteiger partial charge in [0.1, 0.15) is 0 Å². The molecule has 1 amide bonds. The smallest absolute Gasteiger partial charge is 0.226 e. The van der Waals surface area contributed by atoms with Gasteiger partial charge in [0.05, 0.1) is 0 Å². The van der Waals surface area contributed by atoms with Crippen LogP contribution in [-0.4, -0.2) is 44.0 Å². The highest BCUT2D eigenvalue weighted by Crippen LogP contribution is 2.21. The van der Waals surface area contributed by atoms with Gasteiger partial charge >= 0.3 is 0 Å². The summed E-state index contributed by atoms with van der Waals surface area (Å²) in [6.07, 6.45) is 4.86. The van der Waals surface area contributed by atoms with E-state index in [0.717, 1.165) is 43.3 Å². The van der Waals surface area contributed by atoms with Gasteiger partial charge in [-0.05, 0) is 36.8 Å². The van der Waals surface area contributed by atoms with Crippen molar-refractivity contribution in [1.82, 2.24) is 10.6 Å². The van der Waals surface area contributed by atoms with Crippen LogP contribution < -0.4 is 15.5 Å². The van der Waals surface area contributed by atoms with E-state index in [1.165, 1.54) is 5.56 Å². The number of hydrogen-bond acceptors (Lipinski definition) is 3. The Labute approximate surface area is 166 Å². The standard InChI is InChI=1S/C17H26N4OS.HI/c1-18-17(19-10-12-23-2)20-13-14-6-8-15(9-7-14)21-11-4-3-5-16(21)22;/h6-9H,3-5,10-13H2,1-2H3,(H2,18,19,20);1H. The van der Waals surface area contributed by atoms with Crippen LogP contribution in [0.2, 0.25) is 0 Å². The van der Waals surface area contributed by atoms with Crippen LogP contribution in [0.25, 0.3) is 0 Å². The van der Waals surface area contributed by atoms with Gasteiger partial charge in [-0.3, -0.25) is 9.79 Å². The molecule has 0 atom stereocenters. The molecule has 1 heterocycles. The van der Waals surface area contributed by atoms with E-state index in [0.29, 0.717) is 13.0 Å². The lowest BCUT2D eigenvalue weighted by Crippen LogP contribution is -2.38. The SMILES string of the molecule is CN=C(NCCSC)NCc1ccc(N2CCCCC2=O)cc1.I. The number of carbonyl (C=O) groups excluding carboxylic acids is 1. The highest BCUT2D eigenvalue weighted by atomic mass is 127. The first kappa shape index (κ1) is 21.1. The zero-order valence-corrected chi connectivity index (χ0v) is 17.5. The number of piperidine rings is 1. The summed E-state index contributed by atoms with van der Waals surface area (Å²) < 4.78 is 0. The van der Waals surface area contributed by atoms with Gasteiger partial charge in [-0.15, -0.1) is 24.0 Å². The first-order valence-corrected chi connectivity index (χ1v) is 9.46. The lowest BCUT2D eigenvalue weighted by molar-refractivity contribution is -0.119. The topological polar surface area (TPSA) is 56.7 Å². The minimum atomic E-state index is 0. The summed E-state index contributed by atoms with van der Waals surface area (Å²) in [5.74, 6) is 2.11. The number of rotatable bonds is 6. The molecule has 1 aliphatic rings. The van der Waals surface area contributed by atoms with Crippen LogP contribution >= 0.6 is 35.7 Å². The van der Waals surface area contributed by atoms with Crippen LogP contribution in [0.15, 0.2) is 29.3 Å². The van der Waals surface area contributed by atoms with Crippen molar-refractivity contribution in [3.05, 3.63) is 29.8 Å². The van der Waals surface area contributed by atoms with E-state index in [-0.39, 0.29) is 29.9 Å². The number of halogens is 1. The average Bonchev–Trinajstić information content (AvgIpc) is 2.59. The Kier molecular flexibility index (Phi) is 10.2. The number of aliphatic imine (C=N–C) groups is 1. The molecule has 0 aromatic heterocycles. The van der Waals surface area contributed by atoms with Crippen LogP contribution in [0.4, 0.5) is 5.69 Å². The summed E-state index contributed by atoms with van der Waals surface area (Å²) in [5, 5.41) is 6.58. The molecular formula is C17H27IN4OS. The van der Waals surface area contributed by atoms with Crippen LogP contribution in [-0.2, 0) is 11.3 Å². The number of nitrogens with one attached hydrogen (secondary N) is 2. The van der Waals surface area contributed by atoms with Gasteiger partial charge < -0.3 is 15.5 Å². The molecule has 0 bridgehead atoms. The van der Waals surface area contributed by atoms with E-state index >= 15 is 0 Å². The van der Waals surface area contributed by atoms with Gasteiger partial charge in [-0.2, -0.15) is 11.8 Å². The Morgan fingerprint density at radius 3 is 2.62 bits per heavy atom. The predicted octanol–water partition coefficient (Wildman–Crippen LogP) is 2.85. The van der Waals surface area contributed by atoms with Crippen molar-refractivity contribution in [3.63, 3.8) is 0 Å². The van der Waals surface area contributed by atoms with E-state index in [1.54, 1.807) is 18.8 Å². The van der Waals surface area contributed by atoms with Crippen LogP contribution in [0.1, 0.15) is 24.8 Å². The van der Waals surface area contributed by atoms with E-state index < -0.39 is 0 Å². The van der Waals surface area contributed by atoms with Gasteiger partial charge in [-0.25, -0.2) is 0 Å². The molecule has 2 N–H and O–H groups in total. The van der Waals surface area contributed by atoms with Crippen molar-refractivity contribution < 1.29 is 4.79 Å². The summed E-state index contributed by atoms with van der Waals surface area (Å²) in [5.41, 5.74) is 2.17. The Morgan fingerprint density at radius 2 is 2.00 bits per heavy atom. The first-order valence-electron chi connectivity index (χ1n) is 8.07. The zero-order chi connectivity index (χ0) is 16.5. The number of carbonyl (C=O) groups is 1. The molecule has 2 rings (SSSR count). The van der Waals surface area contributed by atoms with Crippen molar-refractivity contribution in [1.29, 1.82) is 0 Å². The van der Waals surface area contributed by atoms with Crippen molar-refractivity contribution in [2.45, 2.75) is 25.8 Å². The highest BCUT2D eigenvalue weighted by Gasteiger charge is 2.19. The van der Waals surface area contributed by atoms with Crippen molar-refractivity contribution in [3.8, 4) is 0 Å². The molecule has 0 unspecified atom stereocenters. The van der Waals surface area contributed by atoms with Crippen LogP contribution in [0.5, 0.6) is 0 Å². The zero-order valence-electron chi connectivity index (χ0n) is 14.4. The molecule has 1 aromatic carbocycles.